The molecule has 2 aromatic heterocycles. The van der Waals surface area contributed by atoms with E-state index in [-0.39, 0.29) is 0 Å². The second-order valence-corrected chi connectivity index (χ2v) is 6.12. The van der Waals surface area contributed by atoms with Gasteiger partial charge in [0.25, 0.3) is 0 Å². The molecule has 0 saturated carbocycles. The molecule has 2 heterocycles. The lowest BCUT2D eigenvalue weighted by Gasteiger charge is -1.97. The van der Waals surface area contributed by atoms with Crippen molar-refractivity contribution >= 4 is 38.9 Å². The highest BCUT2D eigenvalue weighted by molar-refractivity contribution is 9.10. The molecule has 1 aromatic carbocycles. The lowest BCUT2D eigenvalue weighted by molar-refractivity contribution is 1.29. The lowest BCUT2D eigenvalue weighted by Crippen LogP contribution is -1.82. The fourth-order valence-corrected chi connectivity index (χ4v) is 2.83. The van der Waals surface area contributed by atoms with Crippen molar-refractivity contribution in [1.29, 1.82) is 0 Å². The lowest BCUT2D eigenvalue weighted by atomic mass is 10.2. The topological polar surface area (TPSA) is 25.8 Å². The smallest absolute Gasteiger partial charge is 0.142 e. The summed E-state index contributed by atoms with van der Waals surface area (Å²) in [5.41, 5.74) is 2.90. The van der Waals surface area contributed by atoms with Gasteiger partial charge in [0, 0.05) is 21.6 Å². The summed E-state index contributed by atoms with van der Waals surface area (Å²) in [7, 11) is 0. The minimum Gasteiger partial charge on any atom is -0.252 e. The van der Waals surface area contributed by atoms with Crippen LogP contribution in [0.25, 0.3) is 22.0 Å². The van der Waals surface area contributed by atoms with Crippen molar-refractivity contribution in [2.75, 3.05) is 0 Å². The predicted molar refractivity (Wildman–Crippen MR) is 83.5 cm³/mol. The number of benzene rings is 1. The molecule has 0 saturated heterocycles. The Morgan fingerprint density at radius 3 is 2.47 bits per heavy atom. The Kier molecular flexibility index (Phi) is 3.64. The zero-order valence-electron chi connectivity index (χ0n) is 9.68. The zero-order valence-corrected chi connectivity index (χ0v) is 12.8. The van der Waals surface area contributed by atoms with Crippen molar-refractivity contribution in [3.63, 3.8) is 0 Å². The third-order valence-electron chi connectivity index (χ3n) is 2.59. The zero-order chi connectivity index (χ0) is 13.2. The third-order valence-corrected chi connectivity index (χ3v) is 4.21. The molecule has 0 amide bonds. The summed E-state index contributed by atoms with van der Waals surface area (Å²) in [4.78, 5) is 8.89. The summed E-state index contributed by atoms with van der Waals surface area (Å²) in [5, 5.41) is 3.57. The van der Waals surface area contributed by atoms with Gasteiger partial charge < -0.3 is 0 Å². The molecule has 0 fully saturated rings. The molecule has 0 radical (unpaired) electrons. The third kappa shape index (κ3) is 2.86. The molecule has 0 unspecified atom stereocenters. The van der Waals surface area contributed by atoms with E-state index in [1.807, 2.05) is 41.8 Å². The Labute approximate surface area is 128 Å². The Hall–Kier alpha value is -1.23. The molecule has 5 heteroatoms. The van der Waals surface area contributed by atoms with Crippen LogP contribution in [0.15, 0.2) is 52.4 Å². The van der Waals surface area contributed by atoms with Crippen molar-refractivity contribution < 1.29 is 0 Å². The summed E-state index contributed by atoms with van der Waals surface area (Å²) in [6.45, 7) is 0. The van der Waals surface area contributed by atoms with E-state index in [9.17, 15) is 0 Å². The van der Waals surface area contributed by atoms with Crippen LogP contribution in [0, 0.1) is 0 Å². The van der Waals surface area contributed by atoms with Gasteiger partial charge >= 0.3 is 0 Å². The molecule has 0 aliphatic heterocycles. The average Bonchev–Trinajstić information content (AvgIpc) is 2.90. The van der Waals surface area contributed by atoms with Crippen LogP contribution >= 0.6 is 38.9 Å². The summed E-state index contributed by atoms with van der Waals surface area (Å²) in [6.07, 6.45) is 1.64. The Balaban J connectivity index is 1.95. The van der Waals surface area contributed by atoms with Gasteiger partial charge in [-0.25, -0.2) is 4.98 Å². The molecule has 3 aromatic rings. The van der Waals surface area contributed by atoms with Gasteiger partial charge in [-0.15, -0.1) is 11.3 Å². The normalized spacial score (nSPS) is 10.6. The molecule has 2 nitrogen and oxygen atoms in total. The molecule has 3 rings (SSSR count). The van der Waals surface area contributed by atoms with Crippen LogP contribution in [0.2, 0.25) is 5.02 Å². The van der Waals surface area contributed by atoms with E-state index in [1.54, 1.807) is 17.5 Å². The molecule has 0 spiro atoms. The highest BCUT2D eigenvalue weighted by Gasteiger charge is 2.07. The summed E-state index contributed by atoms with van der Waals surface area (Å²) < 4.78 is 1.06. The highest BCUT2D eigenvalue weighted by Crippen LogP contribution is 2.28. The molecule has 0 atom stereocenters. The monoisotopic (exact) mass is 350 g/mol. The minimum absolute atomic E-state index is 0.633. The first-order valence-electron chi connectivity index (χ1n) is 5.56. The maximum absolute atomic E-state index is 5.83. The number of hydrogen-bond acceptors (Lipinski definition) is 3. The maximum atomic E-state index is 5.83. The summed E-state index contributed by atoms with van der Waals surface area (Å²) in [6, 6.07) is 11.8. The van der Waals surface area contributed by atoms with Crippen LogP contribution in [-0.4, -0.2) is 9.97 Å². The van der Waals surface area contributed by atoms with Gasteiger partial charge in [0.2, 0.25) is 0 Å². The fraction of sp³-hybridized carbons (Fsp3) is 0. The fourth-order valence-electron chi connectivity index (χ4n) is 1.65. The van der Waals surface area contributed by atoms with E-state index in [0.29, 0.717) is 5.02 Å². The predicted octanol–water partition coefficient (Wildman–Crippen LogP) is 5.29. The second-order valence-electron chi connectivity index (χ2n) is 3.91. The molecule has 0 bridgehead atoms. The van der Waals surface area contributed by atoms with E-state index < -0.39 is 0 Å². The van der Waals surface area contributed by atoms with Crippen molar-refractivity contribution in [3.8, 4) is 22.0 Å². The van der Waals surface area contributed by atoms with Crippen LogP contribution in [0.3, 0.4) is 0 Å². The SMILES string of the molecule is Clc1ccc(-c2nc(-c3ccc(Br)cc3)cs2)nc1. The quantitative estimate of drug-likeness (QED) is 0.627. The van der Waals surface area contributed by atoms with E-state index in [2.05, 4.69) is 25.9 Å². The number of halogens is 2. The maximum Gasteiger partial charge on any atom is 0.142 e. The van der Waals surface area contributed by atoms with E-state index >= 15 is 0 Å². The first-order chi connectivity index (χ1) is 9.22. The van der Waals surface area contributed by atoms with Crippen LogP contribution < -0.4 is 0 Å². The Morgan fingerprint density at radius 2 is 1.79 bits per heavy atom. The first kappa shape index (κ1) is 12.8. The molecule has 94 valence electrons. The first-order valence-corrected chi connectivity index (χ1v) is 7.61. The van der Waals surface area contributed by atoms with Gasteiger partial charge in [0.15, 0.2) is 0 Å². The molecular formula is C14H8BrClN2S. The number of pyridine rings is 1. The summed E-state index contributed by atoms with van der Waals surface area (Å²) >= 11 is 10.8. The largest absolute Gasteiger partial charge is 0.252 e. The van der Waals surface area contributed by atoms with E-state index in [1.165, 1.54) is 0 Å². The van der Waals surface area contributed by atoms with Gasteiger partial charge in [-0.3, -0.25) is 4.98 Å². The van der Waals surface area contributed by atoms with Crippen molar-refractivity contribution in [3.05, 3.63) is 57.5 Å². The highest BCUT2D eigenvalue weighted by atomic mass is 79.9. The number of hydrogen-bond donors (Lipinski definition) is 0. The van der Waals surface area contributed by atoms with Crippen LogP contribution in [0.1, 0.15) is 0 Å². The van der Waals surface area contributed by atoms with Crippen LogP contribution in [0.5, 0.6) is 0 Å². The van der Waals surface area contributed by atoms with Crippen molar-refractivity contribution in [2.45, 2.75) is 0 Å². The van der Waals surface area contributed by atoms with Gasteiger partial charge in [-0.05, 0) is 24.3 Å². The van der Waals surface area contributed by atoms with Crippen LogP contribution in [0.4, 0.5) is 0 Å². The molecular weight excluding hydrogens is 344 g/mol. The van der Waals surface area contributed by atoms with E-state index in [0.717, 1.165) is 26.4 Å². The second kappa shape index (κ2) is 5.41. The van der Waals surface area contributed by atoms with Gasteiger partial charge in [-0.2, -0.15) is 0 Å². The number of nitrogens with zero attached hydrogens (tertiary/aromatic N) is 2. The van der Waals surface area contributed by atoms with Gasteiger partial charge in [0.05, 0.1) is 16.4 Å². The minimum atomic E-state index is 0.633. The Bertz CT molecular complexity index is 632. The number of thiazole rings is 1. The average molecular weight is 352 g/mol. The van der Waals surface area contributed by atoms with Gasteiger partial charge in [0.1, 0.15) is 5.01 Å². The Morgan fingerprint density at radius 1 is 1.00 bits per heavy atom. The molecule has 0 aliphatic carbocycles. The molecule has 19 heavy (non-hydrogen) atoms. The summed E-state index contributed by atoms with van der Waals surface area (Å²) in [5.74, 6) is 0. The standard InChI is InChI=1S/C14H8BrClN2S/c15-10-3-1-9(2-4-10)13-8-19-14(18-13)12-6-5-11(16)7-17-12/h1-8H. The number of rotatable bonds is 2. The van der Waals surface area contributed by atoms with Crippen molar-refractivity contribution in [2.24, 2.45) is 0 Å². The van der Waals surface area contributed by atoms with Crippen LogP contribution in [-0.2, 0) is 0 Å². The molecule has 0 aliphatic rings. The van der Waals surface area contributed by atoms with E-state index in [4.69, 9.17) is 11.6 Å². The number of aromatic nitrogens is 2. The van der Waals surface area contributed by atoms with Gasteiger partial charge in [-0.1, -0.05) is 39.7 Å². The van der Waals surface area contributed by atoms with Crippen molar-refractivity contribution in [1.82, 2.24) is 9.97 Å². The molecule has 0 N–H and O–H groups in total.